The molecule has 4 rings (SSSR count). The lowest BCUT2D eigenvalue weighted by molar-refractivity contribution is 0.551. The number of hydrogen-bond donors (Lipinski definition) is 1. The van der Waals surface area contributed by atoms with Crippen molar-refractivity contribution >= 4 is 22.1 Å². The van der Waals surface area contributed by atoms with Gasteiger partial charge >= 0.3 is 0 Å². The van der Waals surface area contributed by atoms with Gasteiger partial charge in [-0.2, -0.15) is 0 Å². The maximum absolute atomic E-state index is 4.93. The predicted molar refractivity (Wildman–Crippen MR) is 88.2 cm³/mol. The molecule has 21 heavy (non-hydrogen) atoms. The molecule has 114 valence electrons. The molecule has 0 atom stereocenters. The van der Waals surface area contributed by atoms with Crippen LogP contribution in [0.4, 0.5) is 5.82 Å². The number of nitrogens with one attached hydrogen (secondary N) is 1. The van der Waals surface area contributed by atoms with Crippen molar-refractivity contribution in [1.82, 2.24) is 14.7 Å². The maximum atomic E-state index is 4.93. The molecule has 1 saturated heterocycles. The molecule has 3 heterocycles. The van der Waals surface area contributed by atoms with Gasteiger partial charge in [0.25, 0.3) is 0 Å². The van der Waals surface area contributed by atoms with Gasteiger partial charge in [0.1, 0.15) is 0 Å². The lowest BCUT2D eigenvalue weighted by Crippen LogP contribution is -2.29. The fourth-order valence-corrected chi connectivity index (χ4v) is 3.95. The van der Waals surface area contributed by atoms with Crippen LogP contribution in [-0.4, -0.2) is 28.5 Å². The predicted octanol–water partition coefficient (Wildman–Crippen LogP) is 3.42. The second-order valence-corrected chi connectivity index (χ2v) is 7.22. The van der Waals surface area contributed by atoms with E-state index in [1.807, 2.05) is 0 Å². The summed E-state index contributed by atoms with van der Waals surface area (Å²) in [6, 6.07) is 0.745. The quantitative estimate of drug-likeness (QED) is 0.939. The lowest BCUT2D eigenvalue weighted by atomic mass is 10.1. The lowest BCUT2D eigenvalue weighted by Gasteiger charge is -2.26. The van der Waals surface area contributed by atoms with Crippen LogP contribution in [0, 0.1) is 0 Å². The van der Waals surface area contributed by atoms with E-state index in [1.165, 1.54) is 69.5 Å². The number of fused-ring (bicyclic) bond motifs is 1. The van der Waals surface area contributed by atoms with E-state index in [9.17, 15) is 0 Å². The third kappa shape index (κ3) is 2.94. The largest absolute Gasteiger partial charge is 0.355 e. The first kappa shape index (κ1) is 13.6. The number of imidazole rings is 1. The summed E-state index contributed by atoms with van der Waals surface area (Å²) in [5.74, 6) is 1.23. The SMILES string of the molecule is c1cn2c(CNC3CC3)c(N3CCCCCCC3)nc2s1. The van der Waals surface area contributed by atoms with Crippen molar-refractivity contribution in [3.05, 3.63) is 17.3 Å². The van der Waals surface area contributed by atoms with Gasteiger partial charge < -0.3 is 10.2 Å². The average molecular weight is 304 g/mol. The number of nitrogens with zero attached hydrogens (tertiary/aromatic N) is 3. The van der Waals surface area contributed by atoms with Gasteiger partial charge in [-0.05, 0) is 25.7 Å². The van der Waals surface area contributed by atoms with Crippen LogP contribution >= 0.6 is 11.3 Å². The highest BCUT2D eigenvalue weighted by Crippen LogP contribution is 2.28. The van der Waals surface area contributed by atoms with E-state index in [-0.39, 0.29) is 0 Å². The van der Waals surface area contributed by atoms with Gasteiger partial charge in [-0.1, -0.05) is 19.3 Å². The van der Waals surface area contributed by atoms with Crippen LogP contribution < -0.4 is 10.2 Å². The van der Waals surface area contributed by atoms with Crippen LogP contribution in [0.1, 0.15) is 50.6 Å². The maximum Gasteiger partial charge on any atom is 0.195 e. The molecule has 0 radical (unpaired) electrons. The van der Waals surface area contributed by atoms with Crippen LogP contribution in [0.25, 0.3) is 4.96 Å². The molecule has 0 bridgehead atoms. The fourth-order valence-electron chi connectivity index (χ4n) is 3.23. The van der Waals surface area contributed by atoms with Crippen LogP contribution in [0.2, 0.25) is 0 Å². The molecule has 5 heteroatoms. The van der Waals surface area contributed by atoms with Gasteiger partial charge in [0.05, 0.1) is 5.69 Å². The van der Waals surface area contributed by atoms with E-state index in [4.69, 9.17) is 4.98 Å². The van der Waals surface area contributed by atoms with E-state index in [2.05, 4.69) is 26.2 Å². The van der Waals surface area contributed by atoms with Crippen LogP contribution in [-0.2, 0) is 6.54 Å². The van der Waals surface area contributed by atoms with Crippen molar-refractivity contribution in [3.8, 4) is 0 Å². The molecule has 1 N–H and O–H groups in total. The Morgan fingerprint density at radius 3 is 2.67 bits per heavy atom. The minimum Gasteiger partial charge on any atom is -0.355 e. The fraction of sp³-hybridized carbons (Fsp3) is 0.688. The van der Waals surface area contributed by atoms with Gasteiger partial charge in [-0.15, -0.1) is 11.3 Å². The summed E-state index contributed by atoms with van der Waals surface area (Å²) in [5, 5.41) is 5.80. The molecular weight excluding hydrogens is 280 g/mol. The molecule has 1 aliphatic carbocycles. The third-order valence-corrected chi connectivity index (χ3v) is 5.39. The molecule has 0 unspecified atom stereocenters. The van der Waals surface area contributed by atoms with E-state index in [1.54, 1.807) is 11.3 Å². The highest BCUT2D eigenvalue weighted by Gasteiger charge is 2.24. The Labute approximate surface area is 130 Å². The van der Waals surface area contributed by atoms with Crippen molar-refractivity contribution in [1.29, 1.82) is 0 Å². The summed E-state index contributed by atoms with van der Waals surface area (Å²) in [5.41, 5.74) is 1.36. The van der Waals surface area contributed by atoms with Gasteiger partial charge in [0.15, 0.2) is 10.8 Å². The minimum absolute atomic E-state index is 0.745. The molecule has 0 aromatic carbocycles. The zero-order valence-electron chi connectivity index (χ0n) is 12.6. The normalized spacial score (nSPS) is 20.7. The molecule has 1 saturated carbocycles. The molecule has 2 fully saturated rings. The first-order valence-corrected chi connectivity index (χ1v) is 9.22. The smallest absolute Gasteiger partial charge is 0.195 e. The Kier molecular flexibility index (Phi) is 3.86. The molecule has 1 aliphatic heterocycles. The first-order chi connectivity index (χ1) is 10.4. The summed E-state index contributed by atoms with van der Waals surface area (Å²) < 4.78 is 2.29. The zero-order valence-corrected chi connectivity index (χ0v) is 13.4. The van der Waals surface area contributed by atoms with E-state index >= 15 is 0 Å². The van der Waals surface area contributed by atoms with Crippen molar-refractivity contribution < 1.29 is 0 Å². The van der Waals surface area contributed by atoms with E-state index in [0.29, 0.717) is 0 Å². The topological polar surface area (TPSA) is 32.6 Å². The molecule has 2 aromatic rings. The Morgan fingerprint density at radius 2 is 1.90 bits per heavy atom. The Bertz CT molecular complexity index is 590. The number of hydrogen-bond acceptors (Lipinski definition) is 4. The van der Waals surface area contributed by atoms with Crippen molar-refractivity contribution in [3.63, 3.8) is 0 Å². The van der Waals surface area contributed by atoms with Crippen LogP contribution in [0.5, 0.6) is 0 Å². The highest BCUT2D eigenvalue weighted by molar-refractivity contribution is 7.15. The summed E-state index contributed by atoms with van der Waals surface area (Å²) in [7, 11) is 0. The molecule has 0 spiro atoms. The molecule has 4 nitrogen and oxygen atoms in total. The molecule has 0 amide bonds. The molecular formula is C16H24N4S. The minimum atomic E-state index is 0.745. The van der Waals surface area contributed by atoms with E-state index < -0.39 is 0 Å². The van der Waals surface area contributed by atoms with Gasteiger partial charge in [-0.25, -0.2) is 4.98 Å². The van der Waals surface area contributed by atoms with Crippen molar-refractivity contribution in [2.45, 2.75) is 57.5 Å². The zero-order chi connectivity index (χ0) is 14.1. The van der Waals surface area contributed by atoms with Crippen LogP contribution in [0.15, 0.2) is 11.6 Å². The summed E-state index contributed by atoms with van der Waals surface area (Å²) in [6.07, 6.45) is 11.6. The summed E-state index contributed by atoms with van der Waals surface area (Å²) in [6.45, 7) is 3.29. The Balaban J connectivity index is 1.61. The van der Waals surface area contributed by atoms with Gasteiger partial charge in [0, 0.05) is 37.3 Å². The summed E-state index contributed by atoms with van der Waals surface area (Å²) >= 11 is 1.74. The Hall–Kier alpha value is -1.07. The monoisotopic (exact) mass is 304 g/mol. The van der Waals surface area contributed by atoms with Crippen molar-refractivity contribution in [2.24, 2.45) is 0 Å². The van der Waals surface area contributed by atoms with Gasteiger partial charge in [-0.3, -0.25) is 4.40 Å². The second kappa shape index (κ2) is 5.97. The number of aromatic nitrogens is 2. The average Bonchev–Trinajstić information content (AvgIpc) is 3.05. The summed E-state index contributed by atoms with van der Waals surface area (Å²) in [4.78, 5) is 8.60. The third-order valence-electron chi connectivity index (χ3n) is 4.63. The Morgan fingerprint density at radius 1 is 1.14 bits per heavy atom. The van der Waals surface area contributed by atoms with E-state index in [0.717, 1.165) is 17.5 Å². The highest BCUT2D eigenvalue weighted by atomic mass is 32.1. The first-order valence-electron chi connectivity index (χ1n) is 8.34. The van der Waals surface area contributed by atoms with Gasteiger partial charge in [0.2, 0.25) is 0 Å². The second-order valence-electron chi connectivity index (χ2n) is 6.35. The number of anilines is 1. The molecule has 2 aliphatic rings. The van der Waals surface area contributed by atoms with Crippen LogP contribution in [0.3, 0.4) is 0 Å². The number of rotatable bonds is 4. The standard InChI is InChI=1S/C16H24N4S/c1-2-4-8-19(9-5-3-1)15-14(12-17-13-6-7-13)20-10-11-21-16(20)18-15/h10-11,13,17H,1-9,12H2. The number of thiazole rings is 1. The van der Waals surface area contributed by atoms with Crippen molar-refractivity contribution in [2.75, 3.05) is 18.0 Å². The molecule has 2 aromatic heterocycles.